The van der Waals surface area contributed by atoms with Gasteiger partial charge in [-0.1, -0.05) is 63.9 Å². The fraction of sp³-hybridized carbons (Fsp3) is 0.529. The van der Waals surface area contributed by atoms with E-state index in [1.54, 1.807) is 18.2 Å². The average Bonchev–Trinajstić information content (AvgIpc) is 2.40. The molecule has 0 atom stereocenters. The number of carbonyl (C=O) groups is 2. The van der Waals surface area contributed by atoms with Crippen molar-refractivity contribution < 1.29 is 18.8 Å². The number of aryl methyl sites for hydroxylation is 1. The van der Waals surface area contributed by atoms with E-state index in [-0.39, 0.29) is 10.1 Å². The number of azo groups is 1. The minimum absolute atomic E-state index is 0.170. The predicted molar refractivity (Wildman–Crippen MR) is 93.7 cm³/mol. The van der Waals surface area contributed by atoms with Crippen LogP contribution < -0.4 is 4.74 Å². The van der Waals surface area contributed by atoms with Crippen LogP contribution in [0.2, 0.25) is 10.1 Å². The lowest BCUT2D eigenvalue weighted by molar-refractivity contribution is 0.197. The maximum absolute atomic E-state index is 11.9. The van der Waals surface area contributed by atoms with Crippen molar-refractivity contribution in [3.63, 3.8) is 0 Å². The van der Waals surface area contributed by atoms with Crippen LogP contribution in [0.15, 0.2) is 34.5 Å². The first kappa shape index (κ1) is 20.0. The summed E-state index contributed by atoms with van der Waals surface area (Å²) in [6.07, 6.45) is -1.83. The molecule has 0 spiro atoms. The molecule has 0 heterocycles. The van der Waals surface area contributed by atoms with Gasteiger partial charge >= 0.3 is 12.2 Å². The van der Waals surface area contributed by atoms with Gasteiger partial charge < -0.3 is 9.16 Å². The zero-order valence-electron chi connectivity index (χ0n) is 15.3. The fourth-order valence-electron chi connectivity index (χ4n) is 2.42. The largest absolute Gasteiger partial charge is 0.498 e. The van der Waals surface area contributed by atoms with E-state index in [0.29, 0.717) is 5.75 Å². The maximum Gasteiger partial charge on any atom is 0.458 e. The van der Waals surface area contributed by atoms with Gasteiger partial charge in [-0.05, 0) is 34.7 Å². The van der Waals surface area contributed by atoms with Gasteiger partial charge in [0, 0.05) is 0 Å². The van der Waals surface area contributed by atoms with Gasteiger partial charge in [-0.25, -0.2) is 9.59 Å². The highest BCUT2D eigenvalue weighted by molar-refractivity contribution is 6.60. The first-order chi connectivity index (χ1) is 10.9. The zero-order chi connectivity index (χ0) is 18.5. The van der Waals surface area contributed by atoms with Crippen LogP contribution in [0.3, 0.4) is 0 Å². The molecule has 1 aromatic rings. The second kappa shape index (κ2) is 7.70. The van der Waals surface area contributed by atoms with Gasteiger partial charge in [-0.3, -0.25) is 0 Å². The Kier molecular flexibility index (Phi) is 6.42. The first-order valence-corrected chi connectivity index (χ1v) is 9.10. The number of carbonyl (C=O) groups excluding carboxylic acids is 2. The van der Waals surface area contributed by atoms with E-state index in [4.69, 9.17) is 9.16 Å². The highest BCUT2D eigenvalue weighted by Crippen LogP contribution is 2.42. The normalized spacial score (nSPS) is 12.5. The second-order valence-corrected chi connectivity index (χ2v) is 11.4. The summed E-state index contributed by atoms with van der Waals surface area (Å²) in [5.41, 5.74) is 0.944. The monoisotopic (exact) mass is 349 g/mol. The topological polar surface area (TPSA) is 77.3 Å². The number of ether oxygens (including phenoxy) is 1. The van der Waals surface area contributed by atoms with Crippen molar-refractivity contribution in [3.05, 3.63) is 29.8 Å². The maximum atomic E-state index is 11.9. The molecule has 6 nitrogen and oxygen atoms in total. The summed E-state index contributed by atoms with van der Waals surface area (Å²) < 4.78 is 10.5. The first-order valence-electron chi connectivity index (χ1n) is 7.69. The Morgan fingerprint density at radius 2 is 1.50 bits per heavy atom. The predicted octanol–water partition coefficient (Wildman–Crippen LogP) is 5.67. The molecule has 0 N–H and O–H groups in total. The molecule has 24 heavy (non-hydrogen) atoms. The van der Waals surface area contributed by atoms with Gasteiger partial charge in [0.1, 0.15) is 5.75 Å². The Morgan fingerprint density at radius 3 is 2.00 bits per heavy atom. The standard InChI is InChI=1S/C17H25N2O4Si/c1-12-9-8-10-13(11-12)22-14(20)18-19-15(21)23-24(16(2,3)4)17(5,6)7/h8-11H,1-7H3. The summed E-state index contributed by atoms with van der Waals surface area (Å²) in [6, 6.07) is 6.94. The molecule has 2 amide bonds. The summed E-state index contributed by atoms with van der Waals surface area (Å²) in [7, 11) is -1.54. The van der Waals surface area contributed by atoms with Crippen LogP contribution in [0.1, 0.15) is 47.1 Å². The SMILES string of the molecule is Cc1cccc(OC(=O)N=NC(=O)O[Si](C(C)(C)C)C(C)(C)C)c1. The number of hydrogen-bond donors (Lipinski definition) is 0. The molecule has 1 aromatic carbocycles. The molecule has 0 aliphatic rings. The van der Waals surface area contributed by atoms with Crippen LogP contribution >= 0.6 is 0 Å². The molecule has 0 unspecified atom stereocenters. The van der Waals surface area contributed by atoms with Crippen molar-refractivity contribution in [2.75, 3.05) is 0 Å². The molecule has 0 aliphatic heterocycles. The van der Waals surface area contributed by atoms with Crippen LogP contribution in [0, 0.1) is 6.92 Å². The van der Waals surface area contributed by atoms with Crippen LogP contribution in [0.25, 0.3) is 0 Å². The highest BCUT2D eigenvalue weighted by atomic mass is 28.3. The van der Waals surface area contributed by atoms with Gasteiger partial charge in [0.05, 0.1) is 0 Å². The van der Waals surface area contributed by atoms with E-state index in [9.17, 15) is 9.59 Å². The molecule has 0 aliphatic carbocycles. The van der Waals surface area contributed by atoms with E-state index < -0.39 is 21.2 Å². The van der Waals surface area contributed by atoms with E-state index >= 15 is 0 Å². The van der Waals surface area contributed by atoms with E-state index in [1.165, 1.54) is 0 Å². The van der Waals surface area contributed by atoms with E-state index in [0.717, 1.165) is 5.56 Å². The molecular weight excluding hydrogens is 324 g/mol. The molecule has 7 heteroatoms. The van der Waals surface area contributed by atoms with E-state index in [2.05, 4.69) is 10.2 Å². The average molecular weight is 349 g/mol. The number of hydrogen-bond acceptors (Lipinski definition) is 4. The van der Waals surface area contributed by atoms with Crippen LogP contribution in [-0.2, 0) is 4.43 Å². The molecule has 0 aromatic heterocycles. The summed E-state index contributed by atoms with van der Waals surface area (Å²) in [4.78, 5) is 23.5. The molecule has 1 radical (unpaired) electrons. The Balaban J connectivity index is 2.69. The molecular formula is C17H25N2O4Si. The Bertz CT molecular complexity index is 616. The summed E-state index contributed by atoms with van der Waals surface area (Å²) in [5.74, 6) is 0.349. The quantitative estimate of drug-likeness (QED) is 0.509. The van der Waals surface area contributed by atoms with Gasteiger partial charge in [0.2, 0.25) is 0 Å². The van der Waals surface area contributed by atoms with Crippen LogP contribution in [-0.4, -0.2) is 21.2 Å². The zero-order valence-corrected chi connectivity index (χ0v) is 16.3. The highest BCUT2D eigenvalue weighted by Gasteiger charge is 2.42. The van der Waals surface area contributed by atoms with Crippen LogP contribution in [0.4, 0.5) is 9.59 Å². The van der Waals surface area contributed by atoms with E-state index in [1.807, 2.05) is 54.5 Å². The number of rotatable bonds is 2. The van der Waals surface area contributed by atoms with Crippen molar-refractivity contribution in [2.45, 2.75) is 58.5 Å². The number of amides is 2. The smallest absolute Gasteiger partial charge is 0.458 e. The summed E-state index contributed by atoms with van der Waals surface area (Å²) in [5, 5.41) is 6.26. The molecule has 0 fully saturated rings. The van der Waals surface area contributed by atoms with Crippen molar-refractivity contribution >= 4 is 21.2 Å². The van der Waals surface area contributed by atoms with Crippen molar-refractivity contribution in [2.24, 2.45) is 10.2 Å². The third-order valence-corrected chi connectivity index (χ3v) is 6.06. The summed E-state index contributed by atoms with van der Waals surface area (Å²) >= 11 is 0. The lowest BCUT2D eigenvalue weighted by Gasteiger charge is -2.35. The Morgan fingerprint density at radius 1 is 0.958 bits per heavy atom. The number of benzene rings is 1. The molecule has 0 saturated carbocycles. The molecule has 0 bridgehead atoms. The van der Waals surface area contributed by atoms with Gasteiger partial charge in [0.25, 0.3) is 9.04 Å². The molecule has 131 valence electrons. The van der Waals surface area contributed by atoms with Gasteiger partial charge in [-0.15, -0.1) is 0 Å². The molecule has 0 saturated heterocycles. The minimum atomic E-state index is -1.54. The minimum Gasteiger partial charge on any atom is -0.498 e. The lowest BCUT2D eigenvalue weighted by Crippen LogP contribution is -2.39. The van der Waals surface area contributed by atoms with Crippen molar-refractivity contribution in [3.8, 4) is 5.75 Å². The Hall–Kier alpha value is -2.02. The third kappa shape index (κ3) is 6.62. The Labute approximate surface area is 145 Å². The van der Waals surface area contributed by atoms with Gasteiger partial charge in [0.15, 0.2) is 0 Å². The van der Waals surface area contributed by atoms with Crippen molar-refractivity contribution in [1.82, 2.24) is 0 Å². The third-order valence-electron chi connectivity index (χ3n) is 2.96. The lowest BCUT2D eigenvalue weighted by atomic mass is 10.2. The molecule has 1 rings (SSSR count). The fourth-order valence-corrected chi connectivity index (χ4v) is 5.50. The summed E-state index contributed by atoms with van der Waals surface area (Å²) in [6.45, 7) is 14.0. The number of nitrogens with zero attached hydrogens (tertiary/aromatic N) is 2. The van der Waals surface area contributed by atoms with Crippen molar-refractivity contribution in [1.29, 1.82) is 0 Å². The second-order valence-electron chi connectivity index (χ2n) is 7.58. The van der Waals surface area contributed by atoms with Crippen LogP contribution in [0.5, 0.6) is 5.75 Å². The van der Waals surface area contributed by atoms with Gasteiger partial charge in [-0.2, -0.15) is 0 Å².